The lowest BCUT2D eigenvalue weighted by Crippen LogP contribution is -2.43. The number of nitrogens with two attached hydrogens (primary N) is 1. The van der Waals surface area contributed by atoms with Crippen LogP contribution in [0.5, 0.6) is 23.0 Å². The second kappa shape index (κ2) is 13.3. The number of methoxy groups -OCH3 is 1. The first-order valence-electron chi connectivity index (χ1n) is 15.2. The van der Waals surface area contributed by atoms with E-state index in [1.807, 2.05) is 0 Å². The number of halogens is 2. The van der Waals surface area contributed by atoms with Gasteiger partial charge < -0.3 is 30.2 Å². The molecule has 3 N–H and O–H groups in total. The van der Waals surface area contributed by atoms with Crippen molar-refractivity contribution in [2.75, 3.05) is 51.3 Å². The lowest BCUT2D eigenvalue weighted by Gasteiger charge is -2.27. The van der Waals surface area contributed by atoms with E-state index in [4.69, 9.17) is 19.9 Å². The van der Waals surface area contributed by atoms with E-state index < -0.39 is 28.9 Å². The Morgan fingerprint density at radius 3 is 2.37 bits per heavy atom. The van der Waals surface area contributed by atoms with Gasteiger partial charge in [0.2, 0.25) is 11.8 Å². The van der Waals surface area contributed by atoms with Gasteiger partial charge in [-0.1, -0.05) is 0 Å². The SMILES string of the molecule is COc1cc2c(Oc3ccc(N(C(=O)C4(C(N)=O)CC4)c4ccc(F)cc4)cc3F)ccnc2cc1OCCCN1CCNCC1. The molecule has 0 bridgehead atoms. The number of carbonyl (C=O) groups is 2. The van der Waals surface area contributed by atoms with Crippen LogP contribution in [0, 0.1) is 17.0 Å². The van der Waals surface area contributed by atoms with Gasteiger partial charge in [-0.3, -0.25) is 19.5 Å². The number of fused-ring (bicyclic) bond motifs is 1. The molecule has 46 heavy (non-hydrogen) atoms. The van der Waals surface area contributed by atoms with Crippen molar-refractivity contribution in [3.8, 4) is 23.0 Å². The van der Waals surface area contributed by atoms with Crippen LogP contribution in [-0.2, 0) is 9.59 Å². The van der Waals surface area contributed by atoms with Gasteiger partial charge in [-0.15, -0.1) is 0 Å². The minimum absolute atomic E-state index is 0.106. The van der Waals surface area contributed by atoms with Gasteiger partial charge in [0.1, 0.15) is 17.0 Å². The molecule has 4 aromatic rings. The third-order valence-corrected chi connectivity index (χ3v) is 8.39. The standard InChI is InChI=1S/C34H35F2N5O5/c1-44-30-20-25-27(21-31(30)45-18-2-15-40-16-13-38-14-17-40)39-12-9-28(25)46-29-8-7-24(19-26(29)36)41(23-5-3-22(35)4-6-23)33(43)34(10-11-34)32(37)42/h3-9,12,19-21,38H,2,10-11,13-18H2,1H3,(H2,37,42). The number of piperazine rings is 1. The number of aromatic nitrogens is 1. The molecule has 1 saturated carbocycles. The number of pyridine rings is 1. The van der Waals surface area contributed by atoms with E-state index in [1.165, 1.54) is 41.3 Å². The van der Waals surface area contributed by atoms with Gasteiger partial charge in [-0.2, -0.15) is 0 Å². The molecule has 1 saturated heterocycles. The summed E-state index contributed by atoms with van der Waals surface area (Å²) in [4.78, 5) is 33.8. The Balaban J connectivity index is 1.23. The zero-order valence-electron chi connectivity index (χ0n) is 25.4. The minimum Gasteiger partial charge on any atom is -0.493 e. The van der Waals surface area contributed by atoms with Crippen molar-refractivity contribution < 1.29 is 32.6 Å². The molecule has 2 fully saturated rings. The maximum absolute atomic E-state index is 15.6. The predicted octanol–water partition coefficient (Wildman–Crippen LogP) is 4.92. The first-order valence-corrected chi connectivity index (χ1v) is 15.2. The molecule has 1 aliphatic carbocycles. The predicted molar refractivity (Wildman–Crippen MR) is 169 cm³/mol. The summed E-state index contributed by atoms with van der Waals surface area (Å²) >= 11 is 0. The van der Waals surface area contributed by atoms with Crippen molar-refractivity contribution in [2.45, 2.75) is 19.3 Å². The largest absolute Gasteiger partial charge is 0.493 e. The van der Waals surface area contributed by atoms with E-state index in [1.54, 1.807) is 31.5 Å². The fourth-order valence-corrected chi connectivity index (χ4v) is 5.60. The zero-order valence-corrected chi connectivity index (χ0v) is 25.4. The smallest absolute Gasteiger partial charge is 0.247 e. The highest BCUT2D eigenvalue weighted by Gasteiger charge is 2.57. The van der Waals surface area contributed by atoms with Crippen LogP contribution >= 0.6 is 0 Å². The summed E-state index contributed by atoms with van der Waals surface area (Å²) in [5.41, 5.74) is 5.14. The molecule has 0 atom stereocenters. The molecule has 2 amide bonds. The maximum atomic E-state index is 15.6. The van der Waals surface area contributed by atoms with Crippen molar-refractivity contribution in [2.24, 2.45) is 11.1 Å². The first-order chi connectivity index (χ1) is 22.3. The molecular weight excluding hydrogens is 596 g/mol. The molecule has 3 aromatic carbocycles. The summed E-state index contributed by atoms with van der Waals surface area (Å²) in [7, 11) is 1.54. The number of nitrogens with zero attached hydrogens (tertiary/aromatic N) is 3. The molecule has 2 aliphatic rings. The van der Waals surface area contributed by atoms with E-state index in [2.05, 4.69) is 15.2 Å². The molecule has 2 heterocycles. The molecule has 240 valence electrons. The van der Waals surface area contributed by atoms with E-state index in [-0.39, 0.29) is 30.0 Å². The number of hydrogen-bond acceptors (Lipinski definition) is 8. The van der Waals surface area contributed by atoms with Crippen molar-refractivity contribution in [1.82, 2.24) is 15.2 Å². The normalized spacial score (nSPS) is 15.7. The van der Waals surface area contributed by atoms with Crippen molar-refractivity contribution in [3.05, 3.63) is 78.5 Å². The fourth-order valence-electron chi connectivity index (χ4n) is 5.60. The average Bonchev–Trinajstić information content (AvgIpc) is 3.88. The lowest BCUT2D eigenvalue weighted by molar-refractivity contribution is -0.133. The number of rotatable bonds is 12. The summed E-state index contributed by atoms with van der Waals surface area (Å²) in [5.74, 6) is -1.37. The summed E-state index contributed by atoms with van der Waals surface area (Å²) in [6.07, 6.45) is 2.98. The molecule has 0 unspecified atom stereocenters. The Morgan fingerprint density at radius 1 is 0.957 bits per heavy atom. The van der Waals surface area contributed by atoms with Crippen LogP contribution in [0.1, 0.15) is 19.3 Å². The number of primary amides is 1. The fraction of sp³-hybridized carbons (Fsp3) is 0.324. The Morgan fingerprint density at radius 2 is 1.70 bits per heavy atom. The molecule has 10 nitrogen and oxygen atoms in total. The summed E-state index contributed by atoms with van der Waals surface area (Å²) in [5, 5.41) is 3.93. The number of amides is 2. The quantitative estimate of drug-likeness (QED) is 0.167. The molecule has 12 heteroatoms. The Bertz CT molecular complexity index is 1740. The van der Waals surface area contributed by atoms with Crippen LogP contribution in [0.25, 0.3) is 10.9 Å². The van der Waals surface area contributed by atoms with Crippen molar-refractivity contribution in [1.29, 1.82) is 0 Å². The monoisotopic (exact) mass is 631 g/mol. The number of anilines is 2. The van der Waals surface area contributed by atoms with Gasteiger partial charge in [-0.05, 0) is 67.8 Å². The van der Waals surface area contributed by atoms with Crippen LogP contribution < -0.4 is 30.2 Å². The first kappa shape index (κ1) is 31.2. The second-order valence-electron chi connectivity index (χ2n) is 11.4. The van der Waals surface area contributed by atoms with Crippen molar-refractivity contribution >= 4 is 34.1 Å². The van der Waals surface area contributed by atoms with E-state index >= 15 is 4.39 Å². The van der Waals surface area contributed by atoms with Crippen LogP contribution in [0.4, 0.5) is 20.2 Å². The average molecular weight is 632 g/mol. The Hall–Kier alpha value is -4.81. The van der Waals surface area contributed by atoms with Crippen LogP contribution in [0.2, 0.25) is 0 Å². The summed E-state index contributed by atoms with van der Waals surface area (Å²) < 4.78 is 47.0. The Kier molecular flexibility index (Phi) is 9.00. The van der Waals surface area contributed by atoms with Crippen LogP contribution in [0.15, 0.2) is 66.9 Å². The van der Waals surface area contributed by atoms with E-state index in [0.717, 1.165) is 45.2 Å². The maximum Gasteiger partial charge on any atom is 0.247 e. The van der Waals surface area contributed by atoms with E-state index in [0.29, 0.717) is 34.8 Å². The van der Waals surface area contributed by atoms with Gasteiger partial charge in [0, 0.05) is 62.1 Å². The van der Waals surface area contributed by atoms with Crippen LogP contribution in [0.3, 0.4) is 0 Å². The van der Waals surface area contributed by atoms with E-state index in [9.17, 15) is 14.0 Å². The highest BCUT2D eigenvalue weighted by Crippen LogP contribution is 2.49. The number of carbonyl (C=O) groups excluding carboxylic acids is 2. The molecular formula is C34H35F2N5O5. The second-order valence-corrected chi connectivity index (χ2v) is 11.4. The summed E-state index contributed by atoms with van der Waals surface area (Å²) in [6.45, 7) is 5.49. The number of hydrogen-bond donors (Lipinski definition) is 2. The number of benzene rings is 3. The zero-order chi connectivity index (χ0) is 32.3. The van der Waals surface area contributed by atoms with Gasteiger partial charge in [0.15, 0.2) is 23.1 Å². The van der Waals surface area contributed by atoms with Crippen molar-refractivity contribution in [3.63, 3.8) is 0 Å². The lowest BCUT2D eigenvalue weighted by atomic mass is 10.0. The van der Waals surface area contributed by atoms with Gasteiger partial charge in [-0.25, -0.2) is 8.78 Å². The highest BCUT2D eigenvalue weighted by molar-refractivity contribution is 6.16. The molecule has 6 rings (SSSR count). The third-order valence-electron chi connectivity index (χ3n) is 8.39. The number of nitrogens with one attached hydrogen (secondary N) is 1. The van der Waals surface area contributed by atoms with Gasteiger partial charge in [0.25, 0.3) is 0 Å². The van der Waals surface area contributed by atoms with Gasteiger partial charge >= 0.3 is 0 Å². The minimum atomic E-state index is -1.39. The molecule has 1 aromatic heterocycles. The third kappa shape index (κ3) is 6.44. The topological polar surface area (TPSA) is 119 Å². The molecule has 0 spiro atoms. The van der Waals surface area contributed by atoms with Crippen LogP contribution in [-0.4, -0.2) is 68.1 Å². The molecule has 1 aliphatic heterocycles. The Labute approximate surface area is 265 Å². The molecule has 0 radical (unpaired) electrons. The highest BCUT2D eigenvalue weighted by atomic mass is 19.1. The summed E-state index contributed by atoms with van der Waals surface area (Å²) in [6, 6.07) is 14.3. The number of ether oxygens (including phenoxy) is 3. The van der Waals surface area contributed by atoms with Gasteiger partial charge in [0.05, 0.1) is 24.9 Å².